The number of benzene rings is 2. The summed E-state index contributed by atoms with van der Waals surface area (Å²) in [6, 6.07) is 19.8. The van der Waals surface area contributed by atoms with E-state index in [1.54, 1.807) is 18.2 Å². The molecule has 1 N–H and O–H groups in total. The van der Waals surface area contributed by atoms with Gasteiger partial charge >= 0.3 is 0 Å². The van der Waals surface area contributed by atoms with E-state index in [2.05, 4.69) is 4.98 Å². The Morgan fingerprint density at radius 2 is 1.63 bits per heavy atom. The second kappa shape index (κ2) is 6.88. The maximum atomic E-state index is 13.2. The molecule has 27 heavy (non-hydrogen) atoms. The molecule has 0 aliphatic carbocycles. The van der Waals surface area contributed by atoms with Crippen LogP contribution in [0.1, 0.15) is 15.9 Å². The van der Waals surface area contributed by atoms with Crippen LogP contribution in [-0.4, -0.2) is 20.4 Å². The topological polar surface area (TPSA) is 72.2 Å². The smallest absolute Gasteiger partial charge is 0.270 e. The Kier molecular flexibility index (Phi) is 4.26. The van der Waals surface area contributed by atoms with Crippen molar-refractivity contribution in [2.24, 2.45) is 0 Å². The molecule has 0 unspecified atom stereocenters. The first-order chi connectivity index (χ1) is 13.2. The molecule has 0 fully saturated rings. The van der Waals surface area contributed by atoms with E-state index in [1.807, 2.05) is 48.5 Å². The summed E-state index contributed by atoms with van der Waals surface area (Å²) in [7, 11) is 0. The number of Topliss-reactive ketones (excluding diaryl/α,β-unsaturated/α-hetero) is 1. The number of rotatable bonds is 4. The van der Waals surface area contributed by atoms with Crippen molar-refractivity contribution < 1.29 is 9.90 Å². The molecule has 0 saturated heterocycles. The number of hydrogen-bond acceptors (Lipinski definition) is 4. The number of fused-ring (bicyclic) bond motifs is 1. The van der Waals surface area contributed by atoms with E-state index in [-0.39, 0.29) is 17.7 Å². The molecule has 132 valence electrons. The molecule has 0 aliphatic rings. The van der Waals surface area contributed by atoms with Crippen molar-refractivity contribution in [2.45, 2.75) is 6.42 Å². The monoisotopic (exact) mass is 356 g/mol. The lowest BCUT2D eigenvalue weighted by atomic mass is 10.0. The zero-order valence-electron chi connectivity index (χ0n) is 14.4. The molecule has 0 amide bonds. The van der Waals surface area contributed by atoms with Crippen LogP contribution in [0.3, 0.4) is 0 Å². The fraction of sp³-hybridized carbons (Fsp3) is 0.0455. The molecule has 0 atom stereocenters. The van der Waals surface area contributed by atoms with E-state index >= 15 is 0 Å². The lowest BCUT2D eigenvalue weighted by molar-refractivity contribution is 0.0989. The lowest BCUT2D eigenvalue weighted by Gasteiger charge is -2.14. The third-order valence-electron chi connectivity index (χ3n) is 4.45. The first-order valence-corrected chi connectivity index (χ1v) is 8.51. The van der Waals surface area contributed by atoms with E-state index in [0.29, 0.717) is 16.6 Å². The SMILES string of the molecule is O=C(Cc1ccccc1)c1c(O)c2ccncc2n(-c2ccccc2)c1=O. The third-order valence-corrected chi connectivity index (χ3v) is 4.45. The molecule has 2 heterocycles. The first-order valence-electron chi connectivity index (χ1n) is 8.51. The highest BCUT2D eigenvalue weighted by atomic mass is 16.3. The maximum absolute atomic E-state index is 13.2. The average molecular weight is 356 g/mol. The number of aromatic hydroxyl groups is 1. The Labute approximate surface area is 155 Å². The predicted octanol–water partition coefficient (Wildman–Crippen LogP) is 3.52. The van der Waals surface area contributed by atoms with Crippen molar-refractivity contribution in [1.82, 2.24) is 9.55 Å². The summed E-state index contributed by atoms with van der Waals surface area (Å²) in [5.41, 5.74) is 1.07. The summed E-state index contributed by atoms with van der Waals surface area (Å²) in [4.78, 5) is 30.2. The van der Waals surface area contributed by atoms with Gasteiger partial charge in [0.25, 0.3) is 5.56 Å². The standard InChI is InChI=1S/C22H16N2O3/c25-19(13-15-7-3-1-4-8-15)20-21(26)17-11-12-23-14-18(17)24(22(20)27)16-9-5-2-6-10-16/h1-12,14,26H,13H2. The molecular weight excluding hydrogens is 340 g/mol. The van der Waals surface area contributed by atoms with Gasteiger partial charge in [-0.25, -0.2) is 0 Å². The zero-order valence-corrected chi connectivity index (χ0v) is 14.4. The van der Waals surface area contributed by atoms with Crippen molar-refractivity contribution in [3.63, 3.8) is 0 Å². The van der Waals surface area contributed by atoms with Crippen LogP contribution in [0.25, 0.3) is 16.6 Å². The minimum atomic E-state index is -0.555. The van der Waals surface area contributed by atoms with E-state index < -0.39 is 11.3 Å². The number of para-hydroxylation sites is 1. The largest absolute Gasteiger partial charge is 0.506 e. The summed E-state index contributed by atoms with van der Waals surface area (Å²) < 4.78 is 1.42. The van der Waals surface area contributed by atoms with Crippen LogP contribution in [0.2, 0.25) is 0 Å². The van der Waals surface area contributed by atoms with Crippen molar-refractivity contribution in [3.05, 3.63) is 101 Å². The molecule has 5 nitrogen and oxygen atoms in total. The van der Waals surface area contributed by atoms with Gasteiger partial charge in [-0.15, -0.1) is 0 Å². The van der Waals surface area contributed by atoms with Crippen molar-refractivity contribution >= 4 is 16.7 Å². The normalized spacial score (nSPS) is 10.8. The Balaban J connectivity index is 1.96. The van der Waals surface area contributed by atoms with Crippen LogP contribution in [0.15, 0.2) is 83.9 Å². The van der Waals surface area contributed by atoms with Gasteiger partial charge < -0.3 is 5.11 Å². The Bertz CT molecular complexity index is 1180. The Morgan fingerprint density at radius 1 is 0.963 bits per heavy atom. The van der Waals surface area contributed by atoms with Crippen LogP contribution in [0, 0.1) is 0 Å². The second-order valence-electron chi connectivity index (χ2n) is 6.18. The number of pyridine rings is 2. The van der Waals surface area contributed by atoms with Crippen LogP contribution in [0.4, 0.5) is 0 Å². The summed E-state index contributed by atoms with van der Waals surface area (Å²) in [6.45, 7) is 0. The molecule has 5 heteroatoms. The highest BCUT2D eigenvalue weighted by molar-refractivity contribution is 6.04. The van der Waals surface area contributed by atoms with E-state index in [1.165, 1.54) is 17.0 Å². The highest BCUT2D eigenvalue weighted by Gasteiger charge is 2.23. The molecule has 0 spiro atoms. The van der Waals surface area contributed by atoms with Crippen molar-refractivity contribution in [3.8, 4) is 11.4 Å². The van der Waals surface area contributed by atoms with Gasteiger partial charge in [-0.3, -0.25) is 19.1 Å². The predicted molar refractivity (Wildman–Crippen MR) is 103 cm³/mol. The van der Waals surface area contributed by atoms with Crippen LogP contribution < -0.4 is 5.56 Å². The quantitative estimate of drug-likeness (QED) is 0.568. The summed E-state index contributed by atoms with van der Waals surface area (Å²) in [5, 5.41) is 11.1. The van der Waals surface area contributed by atoms with Gasteiger partial charge in [0.2, 0.25) is 0 Å². The van der Waals surface area contributed by atoms with Gasteiger partial charge in [0.15, 0.2) is 5.78 Å². The molecular formula is C22H16N2O3. The third kappa shape index (κ3) is 3.00. The van der Waals surface area contributed by atoms with Gasteiger partial charge in [-0.1, -0.05) is 48.5 Å². The second-order valence-corrected chi connectivity index (χ2v) is 6.18. The molecule has 0 saturated carbocycles. The number of ketones is 1. The molecule has 4 rings (SSSR count). The van der Waals surface area contributed by atoms with Gasteiger partial charge in [0.1, 0.15) is 11.3 Å². The number of hydrogen-bond donors (Lipinski definition) is 1. The van der Waals surface area contributed by atoms with Gasteiger partial charge in [0, 0.05) is 23.7 Å². The fourth-order valence-corrected chi connectivity index (χ4v) is 3.18. The average Bonchev–Trinajstić information content (AvgIpc) is 2.70. The minimum absolute atomic E-state index is 0.0367. The summed E-state index contributed by atoms with van der Waals surface area (Å²) in [6.07, 6.45) is 3.07. The molecule has 2 aromatic carbocycles. The van der Waals surface area contributed by atoms with Crippen molar-refractivity contribution in [2.75, 3.05) is 0 Å². The van der Waals surface area contributed by atoms with Crippen LogP contribution in [0.5, 0.6) is 5.75 Å². The highest BCUT2D eigenvalue weighted by Crippen LogP contribution is 2.28. The number of carbonyl (C=O) groups is 1. The number of carbonyl (C=O) groups excluding carboxylic acids is 1. The van der Waals surface area contributed by atoms with Gasteiger partial charge in [0.05, 0.1) is 11.7 Å². The fourth-order valence-electron chi connectivity index (χ4n) is 3.18. The number of aromatic nitrogens is 2. The molecule has 0 bridgehead atoms. The van der Waals surface area contributed by atoms with Gasteiger partial charge in [-0.05, 0) is 23.8 Å². The minimum Gasteiger partial charge on any atom is -0.506 e. The van der Waals surface area contributed by atoms with E-state index in [0.717, 1.165) is 5.56 Å². The summed E-state index contributed by atoms with van der Waals surface area (Å²) in [5.74, 6) is -0.724. The lowest BCUT2D eigenvalue weighted by Crippen LogP contribution is -2.26. The Morgan fingerprint density at radius 3 is 2.33 bits per heavy atom. The molecule has 4 aromatic rings. The van der Waals surface area contributed by atoms with E-state index in [9.17, 15) is 14.7 Å². The molecule has 0 radical (unpaired) electrons. The summed E-state index contributed by atoms with van der Waals surface area (Å²) >= 11 is 0. The van der Waals surface area contributed by atoms with Crippen LogP contribution >= 0.6 is 0 Å². The molecule has 2 aromatic heterocycles. The Hall–Kier alpha value is -3.73. The number of nitrogens with zero attached hydrogens (tertiary/aromatic N) is 2. The van der Waals surface area contributed by atoms with Crippen molar-refractivity contribution in [1.29, 1.82) is 0 Å². The van der Waals surface area contributed by atoms with E-state index in [4.69, 9.17) is 0 Å². The molecule has 0 aliphatic heterocycles. The zero-order chi connectivity index (χ0) is 18.8. The maximum Gasteiger partial charge on any atom is 0.270 e. The first kappa shape index (κ1) is 16.7. The van der Waals surface area contributed by atoms with Crippen LogP contribution in [-0.2, 0) is 6.42 Å². The van der Waals surface area contributed by atoms with Gasteiger partial charge in [-0.2, -0.15) is 0 Å².